The van der Waals surface area contributed by atoms with Crippen molar-refractivity contribution in [2.75, 3.05) is 6.61 Å². The minimum absolute atomic E-state index is 0.334. The Morgan fingerprint density at radius 1 is 1.03 bits per heavy atom. The van der Waals surface area contributed by atoms with Gasteiger partial charge in [-0.05, 0) is 61.4 Å². The minimum Gasteiger partial charge on any atom is -0.494 e. The summed E-state index contributed by atoms with van der Waals surface area (Å²) in [7, 11) is 0. The van der Waals surface area contributed by atoms with Gasteiger partial charge < -0.3 is 4.74 Å². The number of nitrogens with zero attached hydrogens (tertiary/aromatic N) is 2. The van der Waals surface area contributed by atoms with E-state index in [-0.39, 0.29) is 5.91 Å². The van der Waals surface area contributed by atoms with Crippen molar-refractivity contribution in [1.29, 1.82) is 0 Å². The first-order valence-corrected chi connectivity index (χ1v) is 11.8. The van der Waals surface area contributed by atoms with Gasteiger partial charge in [-0.15, -0.1) is 0 Å². The molecule has 0 aliphatic carbocycles. The highest BCUT2D eigenvalue weighted by Crippen LogP contribution is 2.21. The highest BCUT2D eigenvalue weighted by molar-refractivity contribution is 6.30. The van der Waals surface area contributed by atoms with Crippen molar-refractivity contribution >= 4 is 23.2 Å². The molecule has 0 aliphatic heterocycles. The minimum atomic E-state index is -0.360. The van der Waals surface area contributed by atoms with E-state index in [1.807, 2.05) is 43.3 Å². The Bertz CT molecular complexity index is 1040. The van der Waals surface area contributed by atoms with Crippen molar-refractivity contribution in [1.82, 2.24) is 15.6 Å². The van der Waals surface area contributed by atoms with E-state index in [2.05, 4.69) is 27.6 Å². The van der Waals surface area contributed by atoms with Crippen LogP contribution < -0.4 is 10.2 Å². The third kappa shape index (κ3) is 7.75. The first-order valence-electron chi connectivity index (χ1n) is 11.5. The molecule has 174 valence electrons. The highest BCUT2D eigenvalue weighted by atomic mass is 35.5. The van der Waals surface area contributed by atoms with Gasteiger partial charge in [0.15, 0.2) is 0 Å². The number of unbranched alkanes of at least 4 members (excludes halogenated alkanes) is 5. The fourth-order valence-electron chi connectivity index (χ4n) is 3.33. The van der Waals surface area contributed by atoms with Crippen LogP contribution in [0.4, 0.5) is 0 Å². The van der Waals surface area contributed by atoms with E-state index in [9.17, 15) is 4.79 Å². The van der Waals surface area contributed by atoms with Gasteiger partial charge in [0.1, 0.15) is 11.4 Å². The topological polar surface area (TPSA) is 79.4 Å². The molecule has 0 fully saturated rings. The van der Waals surface area contributed by atoms with Crippen LogP contribution in [0.5, 0.6) is 5.75 Å². The molecule has 0 saturated heterocycles. The van der Waals surface area contributed by atoms with Gasteiger partial charge >= 0.3 is 0 Å². The monoisotopic (exact) mass is 466 g/mol. The lowest BCUT2D eigenvalue weighted by molar-refractivity contribution is 0.0950. The number of benzene rings is 2. The van der Waals surface area contributed by atoms with Crippen molar-refractivity contribution in [3.8, 4) is 17.0 Å². The van der Waals surface area contributed by atoms with Crippen LogP contribution in [0.15, 0.2) is 59.7 Å². The van der Waals surface area contributed by atoms with Gasteiger partial charge in [0.05, 0.1) is 18.0 Å². The molecule has 6 nitrogen and oxygen atoms in total. The van der Waals surface area contributed by atoms with E-state index in [1.165, 1.54) is 32.1 Å². The van der Waals surface area contributed by atoms with Crippen molar-refractivity contribution in [3.63, 3.8) is 0 Å². The maximum atomic E-state index is 12.4. The number of aromatic nitrogens is 2. The zero-order valence-corrected chi connectivity index (χ0v) is 20.0. The standard InChI is InChI=1S/C26H31ClN4O2/c1-3-4-5-6-7-8-17-33-23-15-11-21(12-16-23)24-18-25(30-29-24)26(32)31-28-19(2)20-9-13-22(27)14-10-20/h9-16,18H,3-8,17H2,1-2H3,(H,29,30)(H,31,32)/b28-19+. The third-order valence-corrected chi connectivity index (χ3v) is 5.58. The number of rotatable bonds is 12. The van der Waals surface area contributed by atoms with E-state index in [4.69, 9.17) is 16.3 Å². The number of carbonyl (C=O) groups is 1. The van der Waals surface area contributed by atoms with Crippen LogP contribution in [0.3, 0.4) is 0 Å². The summed E-state index contributed by atoms with van der Waals surface area (Å²) >= 11 is 5.91. The highest BCUT2D eigenvalue weighted by Gasteiger charge is 2.11. The first-order chi connectivity index (χ1) is 16.1. The van der Waals surface area contributed by atoms with Gasteiger partial charge in [-0.25, -0.2) is 5.43 Å². The average molecular weight is 467 g/mol. The summed E-state index contributed by atoms with van der Waals surface area (Å²) in [6.45, 7) is 4.78. The number of aromatic amines is 1. The second-order valence-corrected chi connectivity index (χ2v) is 8.39. The van der Waals surface area contributed by atoms with Gasteiger partial charge in [-0.1, -0.05) is 62.8 Å². The van der Waals surface area contributed by atoms with Crippen molar-refractivity contribution in [2.24, 2.45) is 5.10 Å². The van der Waals surface area contributed by atoms with Crippen molar-refractivity contribution in [3.05, 3.63) is 70.9 Å². The average Bonchev–Trinajstić information content (AvgIpc) is 3.33. The van der Waals surface area contributed by atoms with E-state index in [0.29, 0.717) is 22.1 Å². The summed E-state index contributed by atoms with van der Waals surface area (Å²) in [6, 6.07) is 16.7. The second kappa shape index (κ2) is 12.8. The van der Waals surface area contributed by atoms with Gasteiger partial charge in [-0.2, -0.15) is 10.2 Å². The largest absolute Gasteiger partial charge is 0.494 e. The summed E-state index contributed by atoms with van der Waals surface area (Å²) in [5, 5.41) is 11.8. The molecule has 3 aromatic rings. The van der Waals surface area contributed by atoms with Gasteiger partial charge in [0.25, 0.3) is 5.91 Å². The zero-order valence-electron chi connectivity index (χ0n) is 19.2. The normalized spacial score (nSPS) is 11.4. The second-order valence-electron chi connectivity index (χ2n) is 7.95. The fourth-order valence-corrected chi connectivity index (χ4v) is 3.46. The third-order valence-electron chi connectivity index (χ3n) is 5.33. The van der Waals surface area contributed by atoms with Crippen LogP contribution in [0, 0.1) is 0 Å². The molecule has 2 N–H and O–H groups in total. The number of H-pyrrole nitrogens is 1. The van der Waals surface area contributed by atoms with Gasteiger partial charge in [0, 0.05) is 10.6 Å². The molecule has 2 aromatic carbocycles. The molecule has 7 heteroatoms. The number of hydrogen-bond donors (Lipinski definition) is 2. The Labute approximate surface area is 200 Å². The van der Waals surface area contributed by atoms with Crippen molar-refractivity contribution in [2.45, 2.75) is 52.4 Å². The molecule has 0 atom stereocenters. The molecule has 0 unspecified atom stereocenters. The fraction of sp³-hybridized carbons (Fsp3) is 0.346. The van der Waals surface area contributed by atoms with E-state index in [0.717, 1.165) is 29.9 Å². The number of hydrogen-bond acceptors (Lipinski definition) is 4. The molecule has 0 aliphatic rings. The number of nitrogens with one attached hydrogen (secondary N) is 2. The predicted octanol–water partition coefficient (Wildman–Crippen LogP) is 6.62. The molecule has 1 amide bonds. The SMILES string of the molecule is CCCCCCCCOc1ccc(-c2cc(C(=O)N/N=C(\C)c3ccc(Cl)cc3)[nH]n2)cc1. The summed E-state index contributed by atoms with van der Waals surface area (Å²) < 4.78 is 5.83. The molecule has 0 saturated carbocycles. The number of amides is 1. The smallest absolute Gasteiger partial charge is 0.289 e. The summed E-state index contributed by atoms with van der Waals surface area (Å²) in [5.41, 5.74) is 6.03. The van der Waals surface area contributed by atoms with Crippen LogP contribution in [0.2, 0.25) is 5.02 Å². The van der Waals surface area contributed by atoms with Crippen LogP contribution in [0.1, 0.15) is 68.4 Å². The van der Waals surface area contributed by atoms with Gasteiger partial charge in [-0.3, -0.25) is 9.89 Å². The van der Waals surface area contributed by atoms with Crippen LogP contribution in [-0.2, 0) is 0 Å². The Morgan fingerprint density at radius 3 is 2.45 bits per heavy atom. The molecule has 3 rings (SSSR count). The summed E-state index contributed by atoms with van der Waals surface area (Å²) in [5.74, 6) is 0.480. The first kappa shape index (κ1) is 24.5. The molecule has 1 aromatic heterocycles. The maximum Gasteiger partial charge on any atom is 0.289 e. The molecule has 0 radical (unpaired) electrons. The molecule has 33 heavy (non-hydrogen) atoms. The molecular formula is C26H31ClN4O2. The number of carbonyl (C=O) groups excluding carboxylic acids is 1. The Hall–Kier alpha value is -3.12. The lowest BCUT2D eigenvalue weighted by atomic mass is 10.1. The van der Waals surface area contributed by atoms with Crippen molar-refractivity contribution < 1.29 is 9.53 Å². The van der Waals surface area contributed by atoms with Crippen LogP contribution in [-0.4, -0.2) is 28.4 Å². The summed E-state index contributed by atoms with van der Waals surface area (Å²) in [6.07, 6.45) is 7.45. The van der Waals surface area contributed by atoms with E-state index in [1.54, 1.807) is 18.2 Å². The Morgan fingerprint density at radius 2 is 1.73 bits per heavy atom. The molecular weight excluding hydrogens is 436 g/mol. The summed E-state index contributed by atoms with van der Waals surface area (Å²) in [4.78, 5) is 12.4. The quantitative estimate of drug-likeness (QED) is 0.179. The zero-order chi connectivity index (χ0) is 23.5. The maximum absolute atomic E-state index is 12.4. The number of halogens is 1. The van der Waals surface area contributed by atoms with E-state index < -0.39 is 0 Å². The van der Waals surface area contributed by atoms with Gasteiger partial charge in [0.2, 0.25) is 0 Å². The molecule has 1 heterocycles. The molecule has 0 bridgehead atoms. The number of ether oxygens (including phenoxy) is 1. The lowest BCUT2D eigenvalue weighted by Gasteiger charge is -2.06. The Kier molecular flexibility index (Phi) is 9.51. The lowest BCUT2D eigenvalue weighted by Crippen LogP contribution is -2.19. The van der Waals surface area contributed by atoms with Crippen LogP contribution >= 0.6 is 11.6 Å². The molecule has 0 spiro atoms. The predicted molar refractivity (Wildman–Crippen MR) is 134 cm³/mol. The van der Waals surface area contributed by atoms with Crippen LogP contribution in [0.25, 0.3) is 11.3 Å². The van der Waals surface area contributed by atoms with E-state index >= 15 is 0 Å². The Balaban J connectivity index is 1.49. The number of hydrazone groups is 1.